The summed E-state index contributed by atoms with van der Waals surface area (Å²) in [5, 5.41) is 12.0. The fourth-order valence-corrected chi connectivity index (χ4v) is 3.41. The number of thiazole rings is 1. The van der Waals surface area contributed by atoms with E-state index in [1.807, 2.05) is 5.38 Å². The van der Waals surface area contributed by atoms with Crippen molar-refractivity contribution in [2.75, 3.05) is 21.3 Å². The minimum atomic E-state index is -0.308. The molecule has 0 aliphatic carbocycles. The van der Waals surface area contributed by atoms with Gasteiger partial charge in [0, 0.05) is 22.6 Å². The molecule has 0 saturated carbocycles. The topological polar surface area (TPSA) is 64.4 Å². The predicted octanol–water partition coefficient (Wildman–Crippen LogP) is 5.04. The summed E-state index contributed by atoms with van der Waals surface area (Å²) in [6, 6.07) is 11.7. The van der Waals surface area contributed by atoms with E-state index in [2.05, 4.69) is 11.1 Å². The highest BCUT2D eigenvalue weighted by Crippen LogP contribution is 2.37. The lowest BCUT2D eigenvalue weighted by atomic mass is 10.1. The molecule has 28 heavy (non-hydrogen) atoms. The second-order valence-corrected chi connectivity index (χ2v) is 6.52. The van der Waals surface area contributed by atoms with Gasteiger partial charge in [-0.05, 0) is 36.4 Å². The zero-order valence-corrected chi connectivity index (χ0v) is 16.3. The molecular weight excluding hydrogens is 379 g/mol. The molecule has 0 saturated heterocycles. The maximum atomic E-state index is 13.1. The Balaban J connectivity index is 2.01. The number of aromatic nitrogens is 1. The van der Waals surface area contributed by atoms with E-state index in [1.165, 1.54) is 23.5 Å². The molecule has 0 N–H and O–H groups in total. The van der Waals surface area contributed by atoms with Gasteiger partial charge in [0.05, 0.1) is 32.6 Å². The molecule has 0 atom stereocenters. The summed E-state index contributed by atoms with van der Waals surface area (Å²) in [7, 11) is 4.62. The van der Waals surface area contributed by atoms with Crippen molar-refractivity contribution in [1.29, 1.82) is 5.26 Å². The molecule has 1 heterocycles. The fraction of sp³-hybridized carbons (Fsp3) is 0.143. The molecular formula is C21H17FN2O3S. The van der Waals surface area contributed by atoms with E-state index >= 15 is 0 Å². The van der Waals surface area contributed by atoms with Gasteiger partial charge in [-0.2, -0.15) is 5.26 Å². The number of methoxy groups -OCH3 is 3. The van der Waals surface area contributed by atoms with Crippen LogP contribution in [-0.4, -0.2) is 26.3 Å². The van der Waals surface area contributed by atoms with Crippen LogP contribution < -0.4 is 14.2 Å². The van der Waals surface area contributed by atoms with Gasteiger partial charge < -0.3 is 14.2 Å². The van der Waals surface area contributed by atoms with Crippen LogP contribution in [0.5, 0.6) is 17.2 Å². The first-order valence-corrected chi connectivity index (χ1v) is 9.11. The van der Waals surface area contributed by atoms with Crippen molar-refractivity contribution < 1.29 is 18.6 Å². The number of rotatable bonds is 6. The van der Waals surface area contributed by atoms with Gasteiger partial charge in [0.1, 0.15) is 22.6 Å². The fourth-order valence-electron chi connectivity index (χ4n) is 2.61. The van der Waals surface area contributed by atoms with Crippen LogP contribution >= 0.6 is 11.3 Å². The maximum absolute atomic E-state index is 13.1. The number of hydrogen-bond acceptors (Lipinski definition) is 6. The summed E-state index contributed by atoms with van der Waals surface area (Å²) in [6.07, 6.45) is 1.69. The molecule has 3 aromatic rings. The van der Waals surface area contributed by atoms with Crippen molar-refractivity contribution in [2.45, 2.75) is 0 Å². The molecule has 5 nitrogen and oxygen atoms in total. The van der Waals surface area contributed by atoms with Crippen LogP contribution in [0.15, 0.2) is 41.8 Å². The summed E-state index contributed by atoms with van der Waals surface area (Å²) >= 11 is 1.34. The van der Waals surface area contributed by atoms with E-state index in [0.29, 0.717) is 39.1 Å². The lowest BCUT2D eigenvalue weighted by molar-refractivity contribution is 0.348. The highest BCUT2D eigenvalue weighted by Gasteiger charge is 2.14. The van der Waals surface area contributed by atoms with E-state index in [1.54, 1.807) is 51.7 Å². The Bertz CT molecular complexity index is 1050. The van der Waals surface area contributed by atoms with Gasteiger partial charge in [0.2, 0.25) is 0 Å². The largest absolute Gasteiger partial charge is 0.496 e. The van der Waals surface area contributed by atoms with E-state index in [0.717, 1.165) is 5.56 Å². The average Bonchev–Trinajstić information content (AvgIpc) is 3.21. The Morgan fingerprint density at radius 2 is 1.68 bits per heavy atom. The number of benzene rings is 2. The maximum Gasteiger partial charge on any atom is 0.164 e. The van der Waals surface area contributed by atoms with E-state index in [-0.39, 0.29) is 5.82 Å². The van der Waals surface area contributed by atoms with Crippen LogP contribution in [0.25, 0.3) is 22.9 Å². The quantitative estimate of drug-likeness (QED) is 0.546. The number of halogens is 1. The molecule has 3 rings (SSSR count). The second-order valence-electron chi connectivity index (χ2n) is 5.66. The Morgan fingerprint density at radius 3 is 2.29 bits per heavy atom. The molecule has 0 spiro atoms. The Kier molecular flexibility index (Phi) is 5.92. The smallest absolute Gasteiger partial charge is 0.164 e. The number of hydrogen-bond donors (Lipinski definition) is 0. The summed E-state index contributed by atoms with van der Waals surface area (Å²) in [5.74, 6) is 1.29. The first-order valence-electron chi connectivity index (χ1n) is 8.23. The van der Waals surface area contributed by atoms with Crippen LogP contribution in [0, 0.1) is 17.1 Å². The molecule has 142 valence electrons. The van der Waals surface area contributed by atoms with Gasteiger partial charge in [-0.25, -0.2) is 9.37 Å². The molecule has 2 aromatic carbocycles. The average molecular weight is 396 g/mol. The summed E-state index contributed by atoms with van der Waals surface area (Å²) in [5.41, 5.74) is 2.50. The van der Waals surface area contributed by atoms with Crippen LogP contribution in [-0.2, 0) is 0 Å². The van der Waals surface area contributed by atoms with Gasteiger partial charge in [-0.3, -0.25) is 0 Å². The monoisotopic (exact) mass is 396 g/mol. The van der Waals surface area contributed by atoms with E-state index in [9.17, 15) is 9.65 Å². The van der Waals surface area contributed by atoms with Crippen molar-refractivity contribution in [1.82, 2.24) is 4.98 Å². The minimum absolute atomic E-state index is 0.308. The molecule has 0 radical (unpaired) electrons. The van der Waals surface area contributed by atoms with Crippen LogP contribution in [0.4, 0.5) is 4.39 Å². The molecule has 0 aliphatic heterocycles. The van der Waals surface area contributed by atoms with Gasteiger partial charge in [-0.15, -0.1) is 11.3 Å². The Hall–Kier alpha value is -3.37. The van der Waals surface area contributed by atoms with Gasteiger partial charge >= 0.3 is 0 Å². The highest BCUT2D eigenvalue weighted by molar-refractivity contribution is 7.11. The normalized spacial score (nSPS) is 11.0. The van der Waals surface area contributed by atoms with Crippen LogP contribution in [0.3, 0.4) is 0 Å². The van der Waals surface area contributed by atoms with Gasteiger partial charge in [0.15, 0.2) is 11.5 Å². The standard InChI is InChI=1S/C21H17FN2O3S/c1-25-18-10-20(27-3)19(26-2)9-14(18)8-15(11-23)21-24-17(12-28-21)13-4-6-16(22)7-5-13/h4-10,12H,1-3H3. The highest BCUT2D eigenvalue weighted by atomic mass is 32.1. The third-order valence-corrected chi connectivity index (χ3v) is 4.91. The number of nitrogens with zero attached hydrogens (tertiary/aromatic N) is 2. The zero-order valence-electron chi connectivity index (χ0n) is 15.5. The van der Waals surface area contributed by atoms with E-state index < -0.39 is 0 Å². The summed E-state index contributed by atoms with van der Waals surface area (Å²) in [6.45, 7) is 0. The summed E-state index contributed by atoms with van der Waals surface area (Å²) < 4.78 is 29.1. The molecule has 0 unspecified atom stereocenters. The second kappa shape index (κ2) is 8.55. The van der Waals surface area contributed by atoms with E-state index in [4.69, 9.17) is 14.2 Å². The molecule has 0 bridgehead atoms. The number of ether oxygens (including phenoxy) is 3. The van der Waals surface area contributed by atoms with Crippen molar-refractivity contribution in [2.24, 2.45) is 0 Å². The Morgan fingerprint density at radius 1 is 1.04 bits per heavy atom. The zero-order chi connectivity index (χ0) is 20.1. The third-order valence-electron chi connectivity index (χ3n) is 4.03. The lowest BCUT2D eigenvalue weighted by Crippen LogP contribution is -1.95. The Labute approximate surface area is 166 Å². The summed E-state index contributed by atoms with van der Waals surface area (Å²) in [4.78, 5) is 4.52. The lowest BCUT2D eigenvalue weighted by Gasteiger charge is -2.12. The third kappa shape index (κ3) is 3.97. The van der Waals surface area contributed by atoms with Crippen molar-refractivity contribution in [3.8, 4) is 34.6 Å². The first-order chi connectivity index (χ1) is 13.6. The molecule has 0 amide bonds. The minimum Gasteiger partial charge on any atom is -0.496 e. The first kappa shape index (κ1) is 19.4. The van der Waals surface area contributed by atoms with Crippen LogP contribution in [0.2, 0.25) is 0 Å². The van der Waals surface area contributed by atoms with Crippen molar-refractivity contribution in [3.63, 3.8) is 0 Å². The van der Waals surface area contributed by atoms with Crippen molar-refractivity contribution >= 4 is 23.0 Å². The molecule has 7 heteroatoms. The molecule has 1 aromatic heterocycles. The van der Waals surface area contributed by atoms with Crippen molar-refractivity contribution in [3.05, 3.63) is 58.2 Å². The predicted molar refractivity (Wildman–Crippen MR) is 107 cm³/mol. The molecule has 0 fully saturated rings. The van der Waals surface area contributed by atoms with Crippen LogP contribution in [0.1, 0.15) is 10.6 Å². The number of nitriles is 1. The SMILES string of the molecule is COc1cc(OC)c(OC)cc1C=C(C#N)c1nc(-c2ccc(F)cc2)cs1. The number of allylic oxidation sites excluding steroid dienone is 1. The molecule has 0 aliphatic rings. The van der Waals surface area contributed by atoms with Gasteiger partial charge in [-0.1, -0.05) is 0 Å². The van der Waals surface area contributed by atoms with Gasteiger partial charge in [0.25, 0.3) is 0 Å².